The maximum Gasteiger partial charge on any atom is 0.343 e. The zero-order valence-corrected chi connectivity index (χ0v) is 13.2. The van der Waals surface area contributed by atoms with Crippen LogP contribution >= 0.6 is 11.6 Å². The van der Waals surface area contributed by atoms with Gasteiger partial charge >= 0.3 is 5.97 Å². The molecular formula is C14H15ClN4O4. The van der Waals surface area contributed by atoms with Crippen LogP contribution in [-0.4, -0.2) is 35.3 Å². The lowest BCUT2D eigenvalue weighted by Gasteiger charge is -2.13. The number of rotatable bonds is 5. The Hall–Kier alpha value is -2.74. The summed E-state index contributed by atoms with van der Waals surface area (Å²) in [5.41, 5.74) is 12.4. The third kappa shape index (κ3) is 3.37. The van der Waals surface area contributed by atoms with Gasteiger partial charge < -0.3 is 26.0 Å². The summed E-state index contributed by atoms with van der Waals surface area (Å²) in [6.07, 6.45) is 0.261. The van der Waals surface area contributed by atoms with E-state index >= 15 is 0 Å². The second-order valence-electron chi connectivity index (χ2n) is 4.59. The monoisotopic (exact) mass is 338 g/mol. The highest BCUT2D eigenvalue weighted by Gasteiger charge is 2.20. The van der Waals surface area contributed by atoms with Gasteiger partial charge in [0.05, 0.1) is 14.2 Å². The number of hydrogen-bond acceptors (Lipinski definition) is 7. The zero-order chi connectivity index (χ0) is 17.1. The number of nitrogens with zero attached hydrogens (tertiary/aromatic N) is 2. The van der Waals surface area contributed by atoms with Gasteiger partial charge in [-0.2, -0.15) is 4.98 Å². The van der Waals surface area contributed by atoms with Gasteiger partial charge in [0.25, 0.3) is 0 Å². The van der Waals surface area contributed by atoms with Gasteiger partial charge in [-0.15, -0.1) is 0 Å². The van der Waals surface area contributed by atoms with Crippen molar-refractivity contribution in [2.45, 2.75) is 6.42 Å². The molecule has 1 aromatic carbocycles. The number of nitrogens with two attached hydrogens (primary N) is 2. The van der Waals surface area contributed by atoms with Crippen LogP contribution in [-0.2, 0) is 6.42 Å². The van der Waals surface area contributed by atoms with Crippen molar-refractivity contribution < 1.29 is 19.4 Å². The lowest BCUT2D eigenvalue weighted by molar-refractivity contribution is 0.0689. The molecule has 0 amide bonds. The number of aromatic carboxylic acids is 1. The van der Waals surface area contributed by atoms with E-state index in [0.717, 1.165) is 0 Å². The number of aromatic nitrogens is 2. The summed E-state index contributed by atoms with van der Waals surface area (Å²) in [6.45, 7) is 0. The summed E-state index contributed by atoms with van der Waals surface area (Å²) < 4.78 is 10.3. The smallest absolute Gasteiger partial charge is 0.343 e. The Bertz CT molecular complexity index is 718. The molecule has 9 heteroatoms. The predicted octanol–water partition coefficient (Wildman–Crippen LogP) is 1.60. The largest absolute Gasteiger partial charge is 0.496 e. The Morgan fingerprint density at radius 3 is 2.22 bits per heavy atom. The van der Waals surface area contributed by atoms with Crippen molar-refractivity contribution in [1.82, 2.24) is 9.97 Å². The minimum Gasteiger partial charge on any atom is -0.496 e. The molecule has 0 atom stereocenters. The highest BCUT2D eigenvalue weighted by molar-refractivity contribution is 6.30. The van der Waals surface area contributed by atoms with Crippen LogP contribution in [0.3, 0.4) is 0 Å². The molecule has 0 fully saturated rings. The third-order valence-corrected chi connectivity index (χ3v) is 3.48. The molecule has 5 N–H and O–H groups in total. The molecule has 0 saturated carbocycles. The van der Waals surface area contributed by atoms with Crippen LogP contribution in [0.4, 0.5) is 11.8 Å². The Morgan fingerprint density at radius 1 is 1.22 bits per heavy atom. The van der Waals surface area contributed by atoms with Gasteiger partial charge in [0.2, 0.25) is 5.95 Å². The standard InChI is InChI=1S/C14H15ClN4O4/c1-22-8-4-6(5-9(23-2)10(8)13(20)21)3-7-11(15)18-14(17)19-12(7)16/h4-5H,3H2,1-2H3,(H,20,21)(H4,16,17,18,19). The average molecular weight is 339 g/mol. The molecule has 0 bridgehead atoms. The number of carbonyl (C=O) groups is 1. The van der Waals surface area contributed by atoms with Gasteiger partial charge in [0.1, 0.15) is 28.0 Å². The first-order valence-corrected chi connectivity index (χ1v) is 6.80. The minimum absolute atomic E-state index is 0.0207. The quantitative estimate of drug-likeness (QED) is 0.700. The molecule has 0 saturated heterocycles. The van der Waals surface area contributed by atoms with Crippen molar-refractivity contribution in [1.29, 1.82) is 0 Å². The van der Waals surface area contributed by atoms with E-state index in [1.807, 2.05) is 0 Å². The summed E-state index contributed by atoms with van der Waals surface area (Å²) in [5.74, 6) is -0.690. The second kappa shape index (κ2) is 6.57. The van der Waals surface area contributed by atoms with Crippen LogP contribution in [0.15, 0.2) is 12.1 Å². The number of anilines is 2. The number of hydrogen-bond donors (Lipinski definition) is 3. The van der Waals surface area contributed by atoms with Crippen LogP contribution in [0.5, 0.6) is 11.5 Å². The van der Waals surface area contributed by atoms with E-state index in [0.29, 0.717) is 11.1 Å². The van der Waals surface area contributed by atoms with E-state index in [4.69, 9.17) is 32.5 Å². The fourth-order valence-electron chi connectivity index (χ4n) is 2.14. The second-order valence-corrected chi connectivity index (χ2v) is 4.95. The molecule has 0 spiro atoms. The molecule has 2 rings (SSSR count). The molecule has 1 aromatic heterocycles. The zero-order valence-electron chi connectivity index (χ0n) is 12.5. The third-order valence-electron chi connectivity index (χ3n) is 3.17. The highest BCUT2D eigenvalue weighted by atomic mass is 35.5. The first-order valence-electron chi connectivity index (χ1n) is 6.43. The number of halogens is 1. The fraction of sp³-hybridized carbons (Fsp3) is 0.214. The van der Waals surface area contributed by atoms with Gasteiger partial charge in [-0.3, -0.25) is 0 Å². The van der Waals surface area contributed by atoms with Gasteiger partial charge in [0, 0.05) is 12.0 Å². The summed E-state index contributed by atoms with van der Waals surface area (Å²) in [4.78, 5) is 19.1. The molecule has 0 unspecified atom stereocenters. The Morgan fingerprint density at radius 2 is 1.78 bits per heavy atom. The van der Waals surface area contributed by atoms with Gasteiger partial charge in [-0.25, -0.2) is 9.78 Å². The molecular weight excluding hydrogens is 324 g/mol. The van der Waals surface area contributed by atoms with Crippen molar-refractivity contribution in [3.8, 4) is 11.5 Å². The van der Waals surface area contributed by atoms with Crippen LogP contribution in [0.1, 0.15) is 21.5 Å². The number of nitrogen functional groups attached to an aromatic ring is 2. The number of methoxy groups -OCH3 is 2. The summed E-state index contributed by atoms with van der Waals surface area (Å²) in [7, 11) is 2.75. The maximum atomic E-state index is 11.3. The van der Waals surface area contributed by atoms with Crippen LogP contribution in [0.25, 0.3) is 0 Å². The topological polar surface area (TPSA) is 134 Å². The van der Waals surface area contributed by atoms with E-state index in [2.05, 4.69) is 9.97 Å². The molecule has 122 valence electrons. The van der Waals surface area contributed by atoms with Gasteiger partial charge in [-0.05, 0) is 17.7 Å². The normalized spacial score (nSPS) is 10.4. The van der Waals surface area contributed by atoms with Crippen molar-refractivity contribution in [2.24, 2.45) is 0 Å². The van der Waals surface area contributed by atoms with Gasteiger partial charge in [0.15, 0.2) is 0 Å². The summed E-state index contributed by atoms with van der Waals surface area (Å²) in [6, 6.07) is 3.14. The molecule has 23 heavy (non-hydrogen) atoms. The Kier molecular flexibility index (Phi) is 4.75. The Labute approximate surface area is 137 Å². The van der Waals surface area contributed by atoms with E-state index in [9.17, 15) is 9.90 Å². The molecule has 1 heterocycles. The number of carboxylic acids is 1. The van der Waals surface area contributed by atoms with Crippen LogP contribution < -0.4 is 20.9 Å². The maximum absolute atomic E-state index is 11.3. The highest BCUT2D eigenvalue weighted by Crippen LogP contribution is 2.33. The number of benzene rings is 1. The summed E-state index contributed by atoms with van der Waals surface area (Å²) >= 11 is 6.05. The first-order chi connectivity index (χ1) is 10.9. The molecule has 2 aromatic rings. The Balaban J connectivity index is 2.51. The van der Waals surface area contributed by atoms with Crippen molar-refractivity contribution in [3.63, 3.8) is 0 Å². The van der Waals surface area contributed by atoms with Crippen LogP contribution in [0.2, 0.25) is 5.15 Å². The van der Waals surface area contributed by atoms with Gasteiger partial charge in [-0.1, -0.05) is 11.6 Å². The SMILES string of the molecule is COc1cc(Cc2c(N)nc(N)nc2Cl)cc(OC)c1C(=O)O. The molecule has 0 radical (unpaired) electrons. The number of ether oxygens (including phenoxy) is 2. The van der Waals surface area contributed by atoms with Crippen LogP contribution in [0, 0.1) is 0 Å². The van der Waals surface area contributed by atoms with Crippen molar-refractivity contribution in [3.05, 3.63) is 34.0 Å². The molecule has 0 aliphatic carbocycles. The average Bonchev–Trinajstić information content (AvgIpc) is 2.49. The fourth-order valence-corrected chi connectivity index (χ4v) is 2.39. The van der Waals surface area contributed by atoms with E-state index in [1.165, 1.54) is 14.2 Å². The first kappa shape index (κ1) is 16.6. The van der Waals surface area contributed by atoms with E-state index < -0.39 is 5.97 Å². The summed E-state index contributed by atoms with van der Waals surface area (Å²) in [5, 5.41) is 9.41. The predicted molar refractivity (Wildman–Crippen MR) is 85.2 cm³/mol. The number of carboxylic acid groups (broad SMARTS) is 1. The molecule has 0 aliphatic heterocycles. The van der Waals surface area contributed by atoms with Crippen molar-refractivity contribution in [2.75, 3.05) is 25.7 Å². The molecule has 0 aliphatic rings. The van der Waals surface area contributed by atoms with Crippen molar-refractivity contribution >= 4 is 29.3 Å². The molecule has 8 nitrogen and oxygen atoms in total. The minimum atomic E-state index is -1.15. The lowest BCUT2D eigenvalue weighted by Crippen LogP contribution is -2.08. The lowest BCUT2D eigenvalue weighted by atomic mass is 10.0. The van der Waals surface area contributed by atoms with E-state index in [-0.39, 0.29) is 40.4 Å². The van der Waals surface area contributed by atoms with E-state index in [1.54, 1.807) is 12.1 Å².